The smallest absolute Gasteiger partial charge is 0.166 e. The van der Waals surface area contributed by atoms with Gasteiger partial charge in [0.15, 0.2) is 5.78 Å². The Balaban J connectivity index is 2.86. The molecule has 0 aliphatic rings. The number of hydrogen-bond acceptors (Lipinski definition) is 2. The summed E-state index contributed by atoms with van der Waals surface area (Å²) < 4.78 is 0. The van der Waals surface area contributed by atoms with E-state index in [2.05, 4.69) is 0 Å². The van der Waals surface area contributed by atoms with Crippen molar-refractivity contribution < 1.29 is 9.90 Å². The Bertz CT molecular complexity index is 361. The third-order valence-electron chi connectivity index (χ3n) is 2.49. The fraction of sp³-hybridized carbons (Fsp3) is 0.417. The van der Waals surface area contributed by atoms with E-state index in [4.69, 9.17) is 11.6 Å². The van der Waals surface area contributed by atoms with E-state index in [9.17, 15) is 9.90 Å². The number of ketones is 1. The van der Waals surface area contributed by atoms with Crippen LogP contribution in [0.2, 0.25) is 5.02 Å². The number of rotatable bonds is 4. The zero-order valence-corrected chi connectivity index (χ0v) is 9.71. The van der Waals surface area contributed by atoms with Crippen LogP contribution in [0, 0.1) is 5.92 Å². The van der Waals surface area contributed by atoms with E-state index in [0.29, 0.717) is 22.9 Å². The van der Waals surface area contributed by atoms with Gasteiger partial charge in [0, 0.05) is 11.4 Å². The van der Waals surface area contributed by atoms with Gasteiger partial charge in [0.1, 0.15) is 5.75 Å². The quantitative estimate of drug-likeness (QED) is 0.796. The molecule has 1 aromatic carbocycles. The summed E-state index contributed by atoms with van der Waals surface area (Å²) >= 11 is 5.77. The molecule has 1 rings (SSSR count). The number of aromatic hydroxyl groups is 1. The third kappa shape index (κ3) is 3.24. The molecule has 1 aromatic rings. The van der Waals surface area contributed by atoms with E-state index in [1.807, 2.05) is 13.8 Å². The van der Waals surface area contributed by atoms with Crippen LogP contribution in [-0.4, -0.2) is 10.9 Å². The molecule has 2 nitrogen and oxygen atoms in total. The summed E-state index contributed by atoms with van der Waals surface area (Å²) in [5.41, 5.74) is 0.322. The number of halogens is 1. The minimum atomic E-state index is -0.0515. The second-order valence-corrected chi connectivity index (χ2v) is 4.24. The Morgan fingerprint density at radius 2 is 2.20 bits per heavy atom. The summed E-state index contributed by atoms with van der Waals surface area (Å²) in [6.45, 7) is 4.05. The standard InChI is InChI=1S/C12H15ClO2/c1-3-8(2)6-12(15)10-7-9(13)4-5-11(10)14/h4-5,7-8,14H,3,6H2,1-2H3. The molecule has 1 N–H and O–H groups in total. The van der Waals surface area contributed by atoms with Crippen LogP contribution < -0.4 is 0 Å². The van der Waals surface area contributed by atoms with Crippen LogP contribution >= 0.6 is 11.6 Å². The van der Waals surface area contributed by atoms with Gasteiger partial charge < -0.3 is 5.11 Å². The van der Waals surface area contributed by atoms with Gasteiger partial charge in [-0.15, -0.1) is 0 Å². The van der Waals surface area contributed by atoms with Gasteiger partial charge >= 0.3 is 0 Å². The predicted octanol–water partition coefficient (Wildman–Crippen LogP) is 3.66. The lowest BCUT2D eigenvalue weighted by molar-refractivity contribution is 0.0961. The average molecular weight is 227 g/mol. The summed E-state index contributed by atoms with van der Waals surface area (Å²) in [4.78, 5) is 11.8. The van der Waals surface area contributed by atoms with Gasteiger partial charge in [-0.25, -0.2) is 0 Å². The first-order valence-corrected chi connectivity index (χ1v) is 5.44. The van der Waals surface area contributed by atoms with Crippen molar-refractivity contribution in [3.8, 4) is 5.75 Å². The van der Waals surface area contributed by atoms with Gasteiger partial charge in [0.25, 0.3) is 0 Å². The van der Waals surface area contributed by atoms with Crippen molar-refractivity contribution in [2.24, 2.45) is 5.92 Å². The van der Waals surface area contributed by atoms with Crippen molar-refractivity contribution in [3.63, 3.8) is 0 Å². The molecule has 0 aliphatic carbocycles. The lowest BCUT2D eigenvalue weighted by atomic mass is 9.97. The number of benzene rings is 1. The number of carbonyl (C=O) groups excluding carboxylic acids is 1. The van der Waals surface area contributed by atoms with Crippen molar-refractivity contribution in [1.82, 2.24) is 0 Å². The summed E-state index contributed by atoms with van der Waals surface area (Å²) in [6.07, 6.45) is 1.40. The van der Waals surface area contributed by atoms with Crippen molar-refractivity contribution in [3.05, 3.63) is 28.8 Å². The first kappa shape index (κ1) is 12.1. The Morgan fingerprint density at radius 1 is 1.53 bits per heavy atom. The Morgan fingerprint density at radius 3 is 2.80 bits per heavy atom. The molecule has 15 heavy (non-hydrogen) atoms. The van der Waals surface area contributed by atoms with Gasteiger partial charge in [-0.1, -0.05) is 31.9 Å². The molecule has 1 atom stereocenters. The number of hydrogen-bond donors (Lipinski definition) is 1. The second-order valence-electron chi connectivity index (χ2n) is 3.80. The molecule has 0 fully saturated rings. The van der Waals surface area contributed by atoms with Crippen LogP contribution in [0.5, 0.6) is 5.75 Å². The summed E-state index contributed by atoms with van der Waals surface area (Å²) in [7, 11) is 0. The Labute approximate surface area is 94.9 Å². The molecule has 0 saturated heterocycles. The minimum Gasteiger partial charge on any atom is -0.507 e. The molecular formula is C12H15ClO2. The van der Waals surface area contributed by atoms with Crippen LogP contribution in [0.15, 0.2) is 18.2 Å². The SMILES string of the molecule is CCC(C)CC(=O)c1cc(Cl)ccc1O. The van der Waals surface area contributed by atoms with Crippen LogP contribution in [0.4, 0.5) is 0 Å². The molecule has 0 heterocycles. The van der Waals surface area contributed by atoms with E-state index >= 15 is 0 Å². The van der Waals surface area contributed by atoms with E-state index in [-0.39, 0.29) is 11.5 Å². The van der Waals surface area contributed by atoms with Crippen LogP contribution in [-0.2, 0) is 0 Å². The van der Waals surface area contributed by atoms with Gasteiger partial charge in [-0.05, 0) is 24.1 Å². The molecule has 3 heteroatoms. The van der Waals surface area contributed by atoms with Gasteiger partial charge in [-0.2, -0.15) is 0 Å². The fourth-order valence-corrected chi connectivity index (χ4v) is 1.47. The zero-order chi connectivity index (χ0) is 11.4. The van der Waals surface area contributed by atoms with Crippen molar-refractivity contribution >= 4 is 17.4 Å². The molecule has 1 unspecified atom stereocenters. The maximum absolute atomic E-state index is 11.8. The minimum absolute atomic E-state index is 0.00713. The van der Waals surface area contributed by atoms with Crippen LogP contribution in [0.3, 0.4) is 0 Å². The molecular weight excluding hydrogens is 212 g/mol. The fourth-order valence-electron chi connectivity index (χ4n) is 1.30. The summed E-state index contributed by atoms with van der Waals surface area (Å²) in [5.74, 6) is 0.285. The molecule has 0 radical (unpaired) electrons. The van der Waals surface area contributed by atoms with E-state index in [1.54, 1.807) is 6.07 Å². The number of phenols is 1. The maximum atomic E-state index is 11.8. The lowest BCUT2D eigenvalue weighted by Crippen LogP contribution is -2.05. The average Bonchev–Trinajstić information content (AvgIpc) is 2.21. The molecule has 0 saturated carbocycles. The van der Waals surface area contributed by atoms with Crippen LogP contribution in [0.25, 0.3) is 0 Å². The first-order valence-electron chi connectivity index (χ1n) is 5.06. The highest BCUT2D eigenvalue weighted by atomic mass is 35.5. The summed E-state index contributed by atoms with van der Waals surface area (Å²) in [6, 6.07) is 4.53. The second kappa shape index (κ2) is 5.17. The topological polar surface area (TPSA) is 37.3 Å². The molecule has 0 amide bonds. The normalized spacial score (nSPS) is 12.5. The monoisotopic (exact) mass is 226 g/mol. The lowest BCUT2D eigenvalue weighted by Gasteiger charge is -2.08. The Kier molecular flexibility index (Phi) is 4.15. The number of phenolic OH excluding ortho intramolecular Hbond substituents is 1. The first-order chi connectivity index (χ1) is 7.04. The van der Waals surface area contributed by atoms with Crippen molar-refractivity contribution in [2.45, 2.75) is 26.7 Å². The van der Waals surface area contributed by atoms with Crippen molar-refractivity contribution in [1.29, 1.82) is 0 Å². The van der Waals surface area contributed by atoms with E-state index in [1.165, 1.54) is 12.1 Å². The maximum Gasteiger partial charge on any atom is 0.166 e. The zero-order valence-electron chi connectivity index (χ0n) is 8.96. The highest BCUT2D eigenvalue weighted by molar-refractivity contribution is 6.31. The largest absolute Gasteiger partial charge is 0.507 e. The van der Waals surface area contributed by atoms with Gasteiger partial charge in [-0.3, -0.25) is 4.79 Å². The number of carbonyl (C=O) groups is 1. The van der Waals surface area contributed by atoms with Crippen molar-refractivity contribution in [2.75, 3.05) is 0 Å². The van der Waals surface area contributed by atoms with E-state index < -0.39 is 0 Å². The Hall–Kier alpha value is -1.02. The molecule has 82 valence electrons. The highest BCUT2D eigenvalue weighted by Gasteiger charge is 2.14. The summed E-state index contributed by atoms with van der Waals surface area (Å²) in [5, 5.41) is 9.98. The molecule has 0 bridgehead atoms. The third-order valence-corrected chi connectivity index (χ3v) is 2.72. The molecule has 0 spiro atoms. The molecule has 0 aliphatic heterocycles. The predicted molar refractivity (Wildman–Crippen MR) is 61.5 cm³/mol. The van der Waals surface area contributed by atoms with Crippen LogP contribution in [0.1, 0.15) is 37.0 Å². The molecule has 0 aromatic heterocycles. The van der Waals surface area contributed by atoms with Gasteiger partial charge in [0.05, 0.1) is 5.56 Å². The van der Waals surface area contributed by atoms with E-state index in [0.717, 1.165) is 6.42 Å². The van der Waals surface area contributed by atoms with Gasteiger partial charge in [0.2, 0.25) is 0 Å². The highest BCUT2D eigenvalue weighted by Crippen LogP contribution is 2.24. The number of Topliss-reactive ketones (excluding diaryl/α,β-unsaturated/α-hetero) is 1.